The molecule has 0 bridgehead atoms. The predicted octanol–water partition coefficient (Wildman–Crippen LogP) is 3.66. The standard InChI is InChI=1S/C32H35F3N8O4/c1-45-30-25(42-14-12-41(13-15-42)22-18-46-19-22)3-5-27(39-30)40-32-37-9-6-24(38-32)20-2-4-26(21(16-20)17-36)47-23-7-10-43(11-8-23)31(44)28(33)29(34)35/h2-6,9,16,22-23,28-29H,7-8,10-15,18-19H2,1H3,(H,37,38,39,40)/t28-/m1/s1. The molecule has 1 amide bonds. The molecule has 5 heterocycles. The zero-order chi connectivity index (χ0) is 32.9. The fourth-order valence-corrected chi connectivity index (χ4v) is 5.89. The first-order chi connectivity index (χ1) is 22.8. The lowest BCUT2D eigenvalue weighted by molar-refractivity contribution is -0.144. The average Bonchev–Trinajstić information content (AvgIpc) is 3.07. The number of aromatic nitrogens is 3. The first kappa shape index (κ1) is 32.3. The molecule has 3 aliphatic heterocycles. The van der Waals surface area contributed by atoms with E-state index >= 15 is 0 Å². The Labute approximate surface area is 270 Å². The van der Waals surface area contributed by atoms with Crippen LogP contribution in [0.1, 0.15) is 18.4 Å². The second kappa shape index (κ2) is 14.4. The maximum absolute atomic E-state index is 13.5. The van der Waals surface area contributed by atoms with Gasteiger partial charge in [0.05, 0.1) is 37.6 Å². The highest BCUT2D eigenvalue weighted by molar-refractivity contribution is 5.81. The minimum absolute atomic E-state index is 0.0876. The van der Waals surface area contributed by atoms with Crippen LogP contribution in [-0.2, 0) is 9.53 Å². The molecule has 0 aliphatic carbocycles. The summed E-state index contributed by atoms with van der Waals surface area (Å²) in [6, 6.07) is 13.3. The van der Waals surface area contributed by atoms with Crippen LogP contribution in [0, 0.1) is 11.3 Å². The van der Waals surface area contributed by atoms with Crippen molar-refractivity contribution >= 4 is 23.4 Å². The number of pyridine rings is 1. The Hall–Kier alpha value is -4.68. The number of likely N-dealkylation sites (tertiary alicyclic amines) is 1. The second-order valence-electron chi connectivity index (χ2n) is 11.5. The molecule has 248 valence electrons. The molecule has 3 aromatic rings. The third-order valence-electron chi connectivity index (χ3n) is 8.62. The van der Waals surface area contributed by atoms with Gasteiger partial charge in [0.25, 0.3) is 12.3 Å². The molecule has 3 saturated heterocycles. The van der Waals surface area contributed by atoms with E-state index < -0.39 is 18.5 Å². The number of rotatable bonds is 10. The fraction of sp³-hybridized carbons (Fsp3) is 0.469. The molecule has 0 spiro atoms. The first-order valence-corrected chi connectivity index (χ1v) is 15.5. The number of hydrogen-bond acceptors (Lipinski definition) is 11. The van der Waals surface area contributed by atoms with Crippen molar-refractivity contribution in [1.82, 2.24) is 24.8 Å². The zero-order valence-corrected chi connectivity index (χ0v) is 25.8. The lowest BCUT2D eigenvalue weighted by Crippen LogP contribution is -2.56. The lowest BCUT2D eigenvalue weighted by Gasteiger charge is -2.43. The summed E-state index contributed by atoms with van der Waals surface area (Å²) in [7, 11) is 1.59. The number of nitrogens with one attached hydrogen (secondary N) is 1. The van der Waals surface area contributed by atoms with Crippen molar-refractivity contribution in [3.8, 4) is 29.0 Å². The van der Waals surface area contributed by atoms with Gasteiger partial charge in [0.2, 0.25) is 18.0 Å². The van der Waals surface area contributed by atoms with Gasteiger partial charge in [-0.3, -0.25) is 9.69 Å². The number of benzene rings is 1. The van der Waals surface area contributed by atoms with Crippen molar-refractivity contribution in [3.05, 3.63) is 48.2 Å². The largest absolute Gasteiger partial charge is 0.489 e. The summed E-state index contributed by atoms with van der Waals surface area (Å²) in [4.78, 5) is 31.3. The van der Waals surface area contributed by atoms with Gasteiger partial charge in [-0.05, 0) is 36.4 Å². The Bertz CT molecular complexity index is 1610. The number of anilines is 3. The molecule has 12 nitrogen and oxygen atoms in total. The number of nitriles is 1. The summed E-state index contributed by atoms with van der Waals surface area (Å²) in [5.74, 6) is 0.454. The van der Waals surface area contributed by atoms with E-state index in [0.717, 1.165) is 50.0 Å². The van der Waals surface area contributed by atoms with Crippen LogP contribution < -0.4 is 19.7 Å². The highest BCUT2D eigenvalue weighted by Crippen LogP contribution is 2.31. The molecule has 0 radical (unpaired) electrons. The molecule has 1 N–H and O–H groups in total. The summed E-state index contributed by atoms with van der Waals surface area (Å²) < 4.78 is 55.7. The van der Waals surface area contributed by atoms with Gasteiger partial charge in [0, 0.05) is 63.9 Å². The van der Waals surface area contributed by atoms with E-state index in [2.05, 4.69) is 36.1 Å². The first-order valence-electron chi connectivity index (χ1n) is 15.5. The molecule has 47 heavy (non-hydrogen) atoms. The highest BCUT2D eigenvalue weighted by atomic mass is 19.3. The zero-order valence-electron chi connectivity index (χ0n) is 25.8. The van der Waals surface area contributed by atoms with Crippen LogP contribution in [0.2, 0.25) is 0 Å². The minimum Gasteiger partial charge on any atom is -0.489 e. The predicted molar refractivity (Wildman–Crippen MR) is 166 cm³/mol. The molecule has 3 aliphatic rings. The molecular formula is C32H35F3N8O4. The number of alkyl halides is 3. The van der Waals surface area contributed by atoms with Gasteiger partial charge in [-0.1, -0.05) is 0 Å². The van der Waals surface area contributed by atoms with Crippen molar-refractivity contribution in [3.63, 3.8) is 0 Å². The normalized spacial score (nSPS) is 18.4. The Balaban J connectivity index is 1.08. The number of amides is 1. The van der Waals surface area contributed by atoms with E-state index in [9.17, 15) is 23.2 Å². The highest BCUT2D eigenvalue weighted by Gasteiger charge is 2.34. The van der Waals surface area contributed by atoms with Crippen LogP contribution in [0.15, 0.2) is 42.6 Å². The Morgan fingerprint density at radius 3 is 2.47 bits per heavy atom. The van der Waals surface area contributed by atoms with Crippen molar-refractivity contribution in [1.29, 1.82) is 5.26 Å². The SMILES string of the molecule is COc1nc(Nc2nccc(-c3ccc(OC4CCN(C(=O)[C@H](F)C(F)F)CC4)c(C#N)c3)n2)ccc1N1CCN(C2COC2)CC1. The van der Waals surface area contributed by atoms with Gasteiger partial charge in [-0.2, -0.15) is 10.2 Å². The van der Waals surface area contributed by atoms with Gasteiger partial charge < -0.3 is 29.3 Å². The van der Waals surface area contributed by atoms with Crippen molar-refractivity contribution in [2.45, 2.75) is 37.6 Å². The van der Waals surface area contributed by atoms with Crippen molar-refractivity contribution in [2.24, 2.45) is 0 Å². The van der Waals surface area contributed by atoms with Crippen LogP contribution in [0.25, 0.3) is 11.3 Å². The van der Waals surface area contributed by atoms with E-state index in [1.54, 1.807) is 37.6 Å². The van der Waals surface area contributed by atoms with E-state index in [0.29, 0.717) is 53.5 Å². The Kier molecular flexibility index (Phi) is 9.88. The number of piperazine rings is 1. The van der Waals surface area contributed by atoms with Crippen LogP contribution in [0.3, 0.4) is 0 Å². The van der Waals surface area contributed by atoms with E-state index in [-0.39, 0.29) is 24.8 Å². The Morgan fingerprint density at radius 2 is 1.81 bits per heavy atom. The molecule has 2 aromatic heterocycles. The number of methoxy groups -OCH3 is 1. The molecule has 1 atom stereocenters. The number of halogens is 3. The minimum atomic E-state index is -3.36. The molecular weight excluding hydrogens is 617 g/mol. The smallest absolute Gasteiger partial charge is 0.278 e. The number of ether oxygens (including phenoxy) is 3. The van der Waals surface area contributed by atoms with Crippen LogP contribution in [0.5, 0.6) is 11.6 Å². The molecule has 15 heteroatoms. The van der Waals surface area contributed by atoms with E-state index in [1.165, 1.54) is 0 Å². The maximum atomic E-state index is 13.5. The number of carbonyl (C=O) groups excluding carboxylic acids is 1. The van der Waals surface area contributed by atoms with Crippen LogP contribution in [-0.4, -0.2) is 115 Å². The average molecular weight is 653 g/mol. The fourth-order valence-electron chi connectivity index (χ4n) is 5.89. The topological polar surface area (TPSA) is 129 Å². The second-order valence-corrected chi connectivity index (χ2v) is 11.5. The van der Waals surface area contributed by atoms with Crippen molar-refractivity contribution in [2.75, 3.05) is 69.8 Å². The van der Waals surface area contributed by atoms with Crippen LogP contribution in [0.4, 0.5) is 30.6 Å². The molecule has 0 unspecified atom stereocenters. The summed E-state index contributed by atoms with van der Waals surface area (Å²) in [5, 5.41) is 13.0. The van der Waals surface area contributed by atoms with E-state index in [1.807, 2.05) is 12.1 Å². The number of piperidine rings is 1. The summed E-state index contributed by atoms with van der Waals surface area (Å²) in [5.41, 5.74) is 2.42. The van der Waals surface area contributed by atoms with E-state index in [4.69, 9.17) is 14.2 Å². The monoisotopic (exact) mass is 652 g/mol. The summed E-state index contributed by atoms with van der Waals surface area (Å²) in [6.45, 7) is 5.42. The Morgan fingerprint density at radius 1 is 1.04 bits per heavy atom. The third-order valence-corrected chi connectivity index (χ3v) is 8.62. The number of nitrogens with zero attached hydrogens (tertiary/aromatic N) is 7. The van der Waals surface area contributed by atoms with Crippen LogP contribution >= 0.6 is 0 Å². The maximum Gasteiger partial charge on any atom is 0.278 e. The van der Waals surface area contributed by atoms with Gasteiger partial charge in [-0.25, -0.2) is 23.1 Å². The molecule has 3 fully saturated rings. The van der Waals surface area contributed by atoms with Gasteiger partial charge in [0.15, 0.2) is 0 Å². The summed E-state index contributed by atoms with van der Waals surface area (Å²) >= 11 is 0. The third kappa shape index (κ3) is 7.34. The number of hydrogen-bond donors (Lipinski definition) is 1. The quantitative estimate of drug-likeness (QED) is 0.345. The molecule has 0 saturated carbocycles. The summed E-state index contributed by atoms with van der Waals surface area (Å²) in [6.07, 6.45) is -4.30. The molecule has 6 rings (SSSR count). The van der Waals surface area contributed by atoms with Gasteiger partial charge >= 0.3 is 0 Å². The van der Waals surface area contributed by atoms with Gasteiger partial charge in [0.1, 0.15) is 29.4 Å². The van der Waals surface area contributed by atoms with Crippen molar-refractivity contribution < 1.29 is 32.2 Å². The molecule has 1 aromatic carbocycles. The van der Waals surface area contributed by atoms with Gasteiger partial charge in [-0.15, -0.1) is 0 Å². The lowest BCUT2D eigenvalue weighted by atomic mass is 10.1. The number of carbonyl (C=O) groups is 1.